The Labute approximate surface area is 135 Å². The average Bonchev–Trinajstić information content (AvgIpc) is 2.46. The Hall–Kier alpha value is -1.95. The van der Waals surface area contributed by atoms with Crippen LogP contribution in [-0.2, 0) is 14.3 Å². The first-order chi connectivity index (χ1) is 10.9. The van der Waals surface area contributed by atoms with E-state index in [1.54, 1.807) is 27.0 Å². The van der Waals surface area contributed by atoms with E-state index in [-0.39, 0.29) is 11.8 Å². The third kappa shape index (κ3) is 3.88. The lowest BCUT2D eigenvalue weighted by molar-refractivity contribution is -0.142. The molecule has 1 fully saturated rings. The van der Waals surface area contributed by atoms with Crippen molar-refractivity contribution in [2.24, 2.45) is 5.41 Å². The van der Waals surface area contributed by atoms with Crippen LogP contribution in [0.25, 0.3) is 0 Å². The van der Waals surface area contributed by atoms with Crippen molar-refractivity contribution in [3.63, 3.8) is 0 Å². The van der Waals surface area contributed by atoms with Crippen LogP contribution >= 0.6 is 0 Å². The summed E-state index contributed by atoms with van der Waals surface area (Å²) in [5.41, 5.74) is 0.650. The Morgan fingerprint density at radius 1 is 1.39 bits per heavy atom. The Morgan fingerprint density at radius 2 is 2.09 bits per heavy atom. The van der Waals surface area contributed by atoms with Crippen LogP contribution in [0.15, 0.2) is 18.2 Å². The first-order valence-electron chi connectivity index (χ1n) is 7.75. The molecular weight excluding hydrogens is 299 g/mol. The molecular formula is C17H23FN2O3. The maximum absolute atomic E-state index is 13.3. The second-order valence-electron chi connectivity index (χ2n) is 6.21. The maximum atomic E-state index is 13.3. The van der Waals surface area contributed by atoms with Gasteiger partial charge in [0.1, 0.15) is 11.9 Å². The van der Waals surface area contributed by atoms with Crippen LogP contribution in [0, 0.1) is 18.2 Å². The molecule has 1 aromatic carbocycles. The summed E-state index contributed by atoms with van der Waals surface area (Å²) in [4.78, 5) is 24.6. The molecule has 1 aliphatic carbocycles. The quantitative estimate of drug-likeness (QED) is 0.845. The molecule has 0 saturated heterocycles. The summed E-state index contributed by atoms with van der Waals surface area (Å²) in [7, 11) is 1.57. The van der Waals surface area contributed by atoms with E-state index >= 15 is 0 Å². The van der Waals surface area contributed by atoms with Gasteiger partial charge >= 0.3 is 0 Å². The van der Waals surface area contributed by atoms with Gasteiger partial charge in [-0.2, -0.15) is 0 Å². The van der Waals surface area contributed by atoms with Crippen molar-refractivity contribution < 1.29 is 18.7 Å². The van der Waals surface area contributed by atoms with Gasteiger partial charge in [-0.3, -0.25) is 9.59 Å². The minimum atomic E-state index is -0.709. The Kier molecular flexibility index (Phi) is 5.36. The van der Waals surface area contributed by atoms with E-state index in [1.165, 1.54) is 12.1 Å². The number of hydrogen-bond donors (Lipinski definition) is 2. The van der Waals surface area contributed by atoms with Crippen LogP contribution in [-0.4, -0.2) is 31.6 Å². The molecule has 2 N–H and O–H groups in total. The van der Waals surface area contributed by atoms with E-state index in [9.17, 15) is 14.0 Å². The molecule has 23 heavy (non-hydrogen) atoms. The molecule has 1 aliphatic rings. The summed E-state index contributed by atoms with van der Waals surface area (Å²) in [5.74, 6) is -0.959. The number of carbonyl (C=O) groups is 2. The van der Waals surface area contributed by atoms with E-state index in [4.69, 9.17) is 4.74 Å². The summed E-state index contributed by atoms with van der Waals surface area (Å²) in [6.07, 6.45) is 2.52. The molecule has 0 bridgehead atoms. The molecule has 0 heterocycles. The minimum Gasteiger partial charge on any atom is -0.384 e. The summed E-state index contributed by atoms with van der Waals surface area (Å²) in [6, 6.07) is 3.48. The SMILES string of the molecule is COCC1(C(=O)N[C@@H](C)C(=O)Nc2cc(F)ccc2C)CCC1. The van der Waals surface area contributed by atoms with Crippen LogP contribution in [0.3, 0.4) is 0 Å². The lowest BCUT2D eigenvalue weighted by Crippen LogP contribution is -2.53. The molecule has 5 nitrogen and oxygen atoms in total. The highest BCUT2D eigenvalue weighted by molar-refractivity contribution is 5.98. The predicted molar refractivity (Wildman–Crippen MR) is 85.5 cm³/mol. The first-order valence-corrected chi connectivity index (χ1v) is 7.75. The summed E-state index contributed by atoms with van der Waals surface area (Å²) < 4.78 is 18.4. The van der Waals surface area contributed by atoms with Gasteiger partial charge in [0, 0.05) is 12.8 Å². The molecule has 2 amide bonds. The van der Waals surface area contributed by atoms with E-state index in [0.717, 1.165) is 24.8 Å². The van der Waals surface area contributed by atoms with Crippen molar-refractivity contribution in [1.29, 1.82) is 0 Å². The Morgan fingerprint density at radius 3 is 2.65 bits per heavy atom. The highest BCUT2D eigenvalue weighted by atomic mass is 19.1. The second-order valence-corrected chi connectivity index (χ2v) is 6.21. The number of aryl methyl sites for hydroxylation is 1. The number of rotatable bonds is 6. The van der Waals surface area contributed by atoms with Crippen molar-refractivity contribution >= 4 is 17.5 Å². The number of amides is 2. The van der Waals surface area contributed by atoms with Crippen LogP contribution in [0.2, 0.25) is 0 Å². The summed E-state index contributed by atoms with van der Waals surface area (Å²) in [5, 5.41) is 5.39. The number of carbonyl (C=O) groups excluding carboxylic acids is 2. The largest absolute Gasteiger partial charge is 0.384 e. The molecule has 0 spiro atoms. The van der Waals surface area contributed by atoms with E-state index in [1.807, 2.05) is 0 Å². The molecule has 126 valence electrons. The number of halogens is 1. The average molecular weight is 322 g/mol. The minimum absolute atomic E-state index is 0.163. The monoisotopic (exact) mass is 322 g/mol. The first kappa shape index (κ1) is 17.4. The third-order valence-electron chi connectivity index (χ3n) is 4.41. The zero-order chi connectivity index (χ0) is 17.0. The van der Waals surface area contributed by atoms with Crippen molar-refractivity contribution in [3.05, 3.63) is 29.6 Å². The molecule has 0 aromatic heterocycles. The number of benzene rings is 1. The highest BCUT2D eigenvalue weighted by Crippen LogP contribution is 2.41. The lowest BCUT2D eigenvalue weighted by atomic mass is 9.68. The van der Waals surface area contributed by atoms with Gasteiger partial charge in [-0.05, 0) is 44.4 Å². The van der Waals surface area contributed by atoms with Crippen molar-refractivity contribution in [1.82, 2.24) is 5.32 Å². The highest BCUT2D eigenvalue weighted by Gasteiger charge is 2.44. The van der Waals surface area contributed by atoms with Gasteiger partial charge in [-0.1, -0.05) is 12.5 Å². The van der Waals surface area contributed by atoms with Crippen LogP contribution in [0.1, 0.15) is 31.7 Å². The number of nitrogens with one attached hydrogen (secondary N) is 2. The van der Waals surface area contributed by atoms with Gasteiger partial charge in [0.05, 0.1) is 12.0 Å². The second kappa shape index (κ2) is 7.08. The summed E-state index contributed by atoms with van der Waals surface area (Å²) >= 11 is 0. The fourth-order valence-electron chi connectivity index (χ4n) is 2.70. The van der Waals surface area contributed by atoms with Gasteiger partial charge in [0.2, 0.25) is 11.8 Å². The molecule has 1 saturated carbocycles. The van der Waals surface area contributed by atoms with Crippen LogP contribution in [0.5, 0.6) is 0 Å². The number of methoxy groups -OCH3 is 1. The maximum Gasteiger partial charge on any atom is 0.246 e. The molecule has 6 heteroatoms. The number of anilines is 1. The predicted octanol–water partition coefficient (Wildman–Crippen LogP) is 2.39. The van der Waals surface area contributed by atoms with Crippen molar-refractivity contribution in [2.45, 2.75) is 39.2 Å². The van der Waals surface area contributed by atoms with Crippen LogP contribution < -0.4 is 10.6 Å². The molecule has 2 rings (SSSR count). The van der Waals surface area contributed by atoms with Crippen molar-refractivity contribution in [3.8, 4) is 0 Å². The van der Waals surface area contributed by atoms with Gasteiger partial charge in [0.25, 0.3) is 0 Å². The van der Waals surface area contributed by atoms with Crippen molar-refractivity contribution in [2.75, 3.05) is 19.0 Å². The molecule has 0 aliphatic heterocycles. The molecule has 0 radical (unpaired) electrons. The van der Waals surface area contributed by atoms with Crippen LogP contribution in [0.4, 0.5) is 10.1 Å². The van der Waals surface area contributed by atoms with Gasteiger partial charge in [-0.15, -0.1) is 0 Å². The van der Waals surface area contributed by atoms with E-state index in [2.05, 4.69) is 10.6 Å². The zero-order valence-electron chi connectivity index (χ0n) is 13.7. The molecule has 1 aromatic rings. The van der Waals surface area contributed by atoms with E-state index in [0.29, 0.717) is 12.3 Å². The topological polar surface area (TPSA) is 67.4 Å². The Bertz CT molecular complexity index is 600. The summed E-state index contributed by atoms with van der Waals surface area (Å²) in [6.45, 7) is 3.75. The number of ether oxygens (including phenoxy) is 1. The smallest absolute Gasteiger partial charge is 0.246 e. The number of hydrogen-bond acceptors (Lipinski definition) is 3. The van der Waals surface area contributed by atoms with Gasteiger partial charge < -0.3 is 15.4 Å². The third-order valence-corrected chi connectivity index (χ3v) is 4.41. The lowest BCUT2D eigenvalue weighted by Gasteiger charge is -2.40. The van der Waals surface area contributed by atoms with Gasteiger partial charge in [-0.25, -0.2) is 4.39 Å². The zero-order valence-corrected chi connectivity index (χ0v) is 13.7. The van der Waals surface area contributed by atoms with E-state index < -0.39 is 17.3 Å². The fraction of sp³-hybridized carbons (Fsp3) is 0.529. The fourth-order valence-corrected chi connectivity index (χ4v) is 2.70. The Balaban J connectivity index is 1.97. The normalized spacial score (nSPS) is 17.0. The molecule has 0 unspecified atom stereocenters. The standard InChI is InChI=1S/C17H23FN2O3/c1-11-5-6-13(18)9-14(11)20-15(21)12(2)19-16(22)17(10-23-3)7-4-8-17/h5-6,9,12H,4,7-8,10H2,1-3H3,(H,19,22)(H,20,21)/t12-/m0/s1. The van der Waals surface area contributed by atoms with Gasteiger partial charge in [0.15, 0.2) is 0 Å². The molecule has 1 atom stereocenters.